The number of aliphatic hydroxyl groups is 1. The smallest absolute Gasteiger partial charge is 0.353 e. The van der Waals surface area contributed by atoms with Crippen LogP contribution >= 0.6 is 0 Å². The predicted octanol–water partition coefficient (Wildman–Crippen LogP) is 2.11. The molecule has 1 spiro atoms. The van der Waals surface area contributed by atoms with Crippen LogP contribution in [-0.2, 0) is 50.0 Å². The molecule has 2 aliphatic carbocycles. The van der Waals surface area contributed by atoms with Gasteiger partial charge in [-0.25, -0.2) is 9.59 Å². The number of esters is 4. The highest BCUT2D eigenvalue weighted by Gasteiger charge is 2.72. The normalized spacial score (nSPS) is 28.3. The molecule has 0 saturated carbocycles. The molecule has 43 heavy (non-hydrogen) atoms. The summed E-state index contributed by atoms with van der Waals surface area (Å²) in [7, 11) is 3.53. The second-order valence-electron chi connectivity index (χ2n) is 12.7. The highest BCUT2D eigenvalue weighted by Crippen LogP contribution is 2.65. The number of nitrogens with zero attached hydrogens (tertiary/aromatic N) is 1. The average Bonchev–Trinajstić information content (AvgIpc) is 3.26. The van der Waals surface area contributed by atoms with E-state index in [0.29, 0.717) is 30.9 Å². The van der Waals surface area contributed by atoms with Crippen molar-refractivity contribution in [1.82, 2.24) is 4.90 Å². The van der Waals surface area contributed by atoms with Crippen molar-refractivity contribution in [2.24, 2.45) is 0 Å². The van der Waals surface area contributed by atoms with E-state index in [0.717, 1.165) is 18.1 Å². The molecule has 12 nitrogen and oxygen atoms in total. The summed E-state index contributed by atoms with van der Waals surface area (Å²) in [6.45, 7) is 8.15. The topological polar surface area (TPSA) is 147 Å². The zero-order valence-corrected chi connectivity index (χ0v) is 25.6. The Morgan fingerprint density at radius 2 is 1.88 bits per heavy atom. The minimum Gasteiger partial charge on any atom is -0.493 e. The molecule has 0 radical (unpaired) electrons. The summed E-state index contributed by atoms with van der Waals surface area (Å²) in [5.41, 5.74) is -1.01. The fraction of sp³-hybridized carbons (Fsp3) is 0.613. The molecular formula is C31H39NO11. The van der Waals surface area contributed by atoms with Gasteiger partial charge in [-0.3, -0.25) is 9.59 Å². The SMILES string of the molecule is COc1ccc2c3c1O[C@H]1C(OC(=O)[C@H](CC(=O)O[C@@H](C)C(=O)OC(C)(C)C)OC(C)=O)=CC[C@@]4(O)[C@H](C2)N(C)CC[C@]314. The van der Waals surface area contributed by atoms with Crippen molar-refractivity contribution >= 4 is 23.9 Å². The van der Waals surface area contributed by atoms with Crippen LogP contribution in [0.2, 0.25) is 0 Å². The molecule has 6 atom stereocenters. The van der Waals surface area contributed by atoms with E-state index in [2.05, 4.69) is 4.90 Å². The molecule has 234 valence electrons. The number of likely N-dealkylation sites (N-methyl/N-ethyl adjacent to an activating group) is 1. The van der Waals surface area contributed by atoms with Gasteiger partial charge in [0.1, 0.15) is 11.4 Å². The number of likely N-dealkylation sites (tertiary alicyclic amines) is 1. The van der Waals surface area contributed by atoms with Crippen molar-refractivity contribution in [3.8, 4) is 11.5 Å². The first-order chi connectivity index (χ1) is 20.1. The third-order valence-electron chi connectivity index (χ3n) is 8.75. The summed E-state index contributed by atoms with van der Waals surface area (Å²) < 4.78 is 33.4. The first-order valence-electron chi connectivity index (χ1n) is 14.4. The number of rotatable bonds is 8. The van der Waals surface area contributed by atoms with Gasteiger partial charge in [0.25, 0.3) is 0 Å². The number of hydrogen-bond donors (Lipinski definition) is 1. The molecule has 2 heterocycles. The fourth-order valence-corrected chi connectivity index (χ4v) is 6.97. The van der Waals surface area contributed by atoms with Crippen LogP contribution in [0.15, 0.2) is 24.0 Å². The van der Waals surface area contributed by atoms with E-state index in [1.54, 1.807) is 26.8 Å². The van der Waals surface area contributed by atoms with Crippen LogP contribution in [0.3, 0.4) is 0 Å². The van der Waals surface area contributed by atoms with Gasteiger partial charge in [0, 0.05) is 24.9 Å². The average molecular weight is 602 g/mol. The second kappa shape index (κ2) is 10.8. The van der Waals surface area contributed by atoms with Gasteiger partial charge in [-0.05, 0) is 71.8 Å². The monoisotopic (exact) mass is 601 g/mol. The Balaban J connectivity index is 1.39. The highest BCUT2D eigenvalue weighted by atomic mass is 16.6. The molecule has 1 fully saturated rings. The van der Waals surface area contributed by atoms with E-state index in [1.807, 2.05) is 19.2 Å². The van der Waals surface area contributed by atoms with Gasteiger partial charge in [-0.2, -0.15) is 0 Å². The molecule has 5 rings (SSSR count). The number of piperidine rings is 1. The second-order valence-corrected chi connectivity index (χ2v) is 12.7. The standard InChI is InChI=1S/C31H39NO11/c1-16(27(35)43-29(3,4)5)39-23(34)15-21(40-17(2)33)28(36)41-20-10-11-31(37)22-14-18-8-9-19(38-7)25-24(18)30(31,26(20)42-25)12-13-32(22)6/h8-10,16,21-22,26,37H,11-15H2,1-7H3/t16-,21-,22-,26-,30-,31+/m0/s1. The number of carbonyl (C=O) groups excluding carboxylic acids is 4. The van der Waals surface area contributed by atoms with Gasteiger partial charge in [-0.1, -0.05) is 6.07 Å². The summed E-state index contributed by atoms with van der Waals surface area (Å²) in [6.07, 6.45) is -1.49. The number of hydrogen-bond acceptors (Lipinski definition) is 12. The largest absolute Gasteiger partial charge is 0.493 e. The summed E-state index contributed by atoms with van der Waals surface area (Å²) in [5.74, 6) is -2.39. The van der Waals surface area contributed by atoms with Crippen molar-refractivity contribution in [3.63, 3.8) is 0 Å². The van der Waals surface area contributed by atoms with Crippen LogP contribution in [0.4, 0.5) is 0 Å². The van der Waals surface area contributed by atoms with Crippen molar-refractivity contribution in [1.29, 1.82) is 0 Å². The minimum atomic E-state index is -1.65. The van der Waals surface area contributed by atoms with Gasteiger partial charge in [-0.15, -0.1) is 0 Å². The molecule has 0 unspecified atom stereocenters. The third kappa shape index (κ3) is 5.14. The molecule has 2 aliphatic heterocycles. The van der Waals surface area contributed by atoms with Crippen molar-refractivity contribution < 1.29 is 52.7 Å². The van der Waals surface area contributed by atoms with Gasteiger partial charge in [0.2, 0.25) is 6.10 Å². The molecule has 1 aromatic rings. The Hall–Kier alpha value is -3.64. The Kier molecular flexibility index (Phi) is 7.75. The van der Waals surface area contributed by atoms with Crippen LogP contribution in [0, 0.1) is 0 Å². The molecule has 1 N–H and O–H groups in total. The lowest BCUT2D eigenvalue weighted by molar-refractivity contribution is -0.181. The molecule has 0 amide bonds. The molecule has 1 aromatic carbocycles. The lowest BCUT2D eigenvalue weighted by atomic mass is 9.50. The maximum Gasteiger partial charge on any atom is 0.353 e. The van der Waals surface area contributed by atoms with Crippen LogP contribution in [0.1, 0.15) is 65.0 Å². The molecule has 2 bridgehead atoms. The third-order valence-corrected chi connectivity index (χ3v) is 8.75. The maximum atomic E-state index is 13.4. The number of benzene rings is 1. The van der Waals surface area contributed by atoms with E-state index < -0.39 is 65.2 Å². The molecule has 0 aromatic heterocycles. The number of carbonyl (C=O) groups is 4. The Labute approximate surface area is 250 Å². The molecule has 12 heteroatoms. The summed E-state index contributed by atoms with van der Waals surface area (Å²) in [4.78, 5) is 52.4. The number of methoxy groups -OCH3 is 1. The Morgan fingerprint density at radius 1 is 1.16 bits per heavy atom. The van der Waals surface area contributed by atoms with Gasteiger partial charge in [0.15, 0.2) is 23.7 Å². The lowest BCUT2D eigenvalue weighted by Crippen LogP contribution is -2.74. The Bertz CT molecular complexity index is 1380. The molecule has 1 saturated heterocycles. The van der Waals surface area contributed by atoms with Crippen LogP contribution in [-0.4, -0.2) is 90.1 Å². The molecule has 4 aliphatic rings. The molecular weight excluding hydrogens is 562 g/mol. The van der Waals surface area contributed by atoms with E-state index in [4.69, 9.17) is 28.4 Å². The highest BCUT2D eigenvalue weighted by molar-refractivity contribution is 5.86. The van der Waals surface area contributed by atoms with Crippen LogP contribution < -0.4 is 9.47 Å². The van der Waals surface area contributed by atoms with Crippen LogP contribution in [0.25, 0.3) is 0 Å². The first-order valence-corrected chi connectivity index (χ1v) is 14.4. The van der Waals surface area contributed by atoms with E-state index in [-0.39, 0.29) is 18.2 Å². The predicted molar refractivity (Wildman–Crippen MR) is 149 cm³/mol. The minimum absolute atomic E-state index is 0.150. The summed E-state index contributed by atoms with van der Waals surface area (Å²) in [5, 5.41) is 12.3. The van der Waals surface area contributed by atoms with Gasteiger partial charge >= 0.3 is 23.9 Å². The van der Waals surface area contributed by atoms with E-state index in [1.165, 1.54) is 14.0 Å². The lowest BCUT2D eigenvalue weighted by Gasteiger charge is -2.61. The van der Waals surface area contributed by atoms with Crippen molar-refractivity contribution in [2.45, 2.75) is 101 Å². The van der Waals surface area contributed by atoms with E-state index >= 15 is 0 Å². The zero-order chi connectivity index (χ0) is 31.5. The fourth-order valence-electron chi connectivity index (χ4n) is 6.97. The summed E-state index contributed by atoms with van der Waals surface area (Å²) >= 11 is 0. The summed E-state index contributed by atoms with van der Waals surface area (Å²) in [6, 6.07) is 3.63. The Morgan fingerprint density at radius 3 is 2.53 bits per heavy atom. The quantitative estimate of drug-likeness (QED) is 0.344. The van der Waals surface area contributed by atoms with Gasteiger partial charge < -0.3 is 38.4 Å². The van der Waals surface area contributed by atoms with Crippen LogP contribution in [0.5, 0.6) is 11.5 Å². The van der Waals surface area contributed by atoms with E-state index in [9.17, 15) is 24.3 Å². The van der Waals surface area contributed by atoms with Crippen molar-refractivity contribution in [3.05, 3.63) is 35.1 Å². The maximum absolute atomic E-state index is 13.4. The van der Waals surface area contributed by atoms with Gasteiger partial charge in [0.05, 0.1) is 24.5 Å². The zero-order valence-electron chi connectivity index (χ0n) is 25.6. The van der Waals surface area contributed by atoms with Crippen molar-refractivity contribution in [2.75, 3.05) is 20.7 Å². The number of ether oxygens (including phenoxy) is 6. The first kappa shape index (κ1) is 30.8.